The van der Waals surface area contributed by atoms with Crippen LogP contribution in [0.5, 0.6) is 11.5 Å². The number of β-amino-alcohol motifs (C(OH)–C–C–N with tert-alkyl or cyclic N) is 1. The number of rotatable bonds is 6. The number of ether oxygens (including phenoxy) is 2. The van der Waals surface area contributed by atoms with Gasteiger partial charge in [-0.25, -0.2) is 0 Å². The van der Waals surface area contributed by atoms with Crippen LogP contribution in [-0.2, 0) is 0 Å². The average molecular weight is 293 g/mol. The van der Waals surface area contributed by atoms with E-state index in [1.165, 1.54) is 6.42 Å². The van der Waals surface area contributed by atoms with Crippen LogP contribution in [0.15, 0.2) is 18.2 Å². The van der Waals surface area contributed by atoms with Crippen molar-refractivity contribution in [1.29, 1.82) is 0 Å². The first-order valence-corrected chi connectivity index (χ1v) is 7.67. The first-order chi connectivity index (χ1) is 10.0. The van der Waals surface area contributed by atoms with Crippen molar-refractivity contribution in [3.05, 3.63) is 23.8 Å². The number of aliphatic hydroxyl groups excluding tert-OH is 1. The van der Waals surface area contributed by atoms with Crippen LogP contribution >= 0.6 is 0 Å². The second kappa shape index (κ2) is 7.14. The van der Waals surface area contributed by atoms with Gasteiger partial charge in [-0.3, -0.25) is 0 Å². The summed E-state index contributed by atoms with van der Waals surface area (Å²) in [5, 5.41) is 10.5. The van der Waals surface area contributed by atoms with Gasteiger partial charge >= 0.3 is 0 Å². The number of benzene rings is 1. The van der Waals surface area contributed by atoms with Gasteiger partial charge in [-0.1, -0.05) is 13.8 Å². The molecule has 0 radical (unpaired) electrons. The van der Waals surface area contributed by atoms with Crippen LogP contribution in [0.2, 0.25) is 0 Å². The molecule has 1 aliphatic heterocycles. The van der Waals surface area contributed by atoms with Crippen LogP contribution in [0.25, 0.3) is 0 Å². The van der Waals surface area contributed by atoms with Crippen LogP contribution in [-0.4, -0.2) is 43.9 Å². The second-order valence-electron chi connectivity index (χ2n) is 6.18. The van der Waals surface area contributed by atoms with Crippen LogP contribution in [0, 0.1) is 11.8 Å². The van der Waals surface area contributed by atoms with Gasteiger partial charge in [0.05, 0.1) is 20.3 Å². The van der Waals surface area contributed by atoms with Crippen LogP contribution in [0.3, 0.4) is 0 Å². The van der Waals surface area contributed by atoms with E-state index in [4.69, 9.17) is 9.47 Å². The highest BCUT2D eigenvalue weighted by atomic mass is 16.5. The summed E-state index contributed by atoms with van der Waals surface area (Å²) < 4.78 is 10.6. The smallest absolute Gasteiger partial charge is 0.128 e. The zero-order valence-electron chi connectivity index (χ0n) is 13.5. The van der Waals surface area contributed by atoms with Crippen molar-refractivity contribution in [2.45, 2.75) is 26.4 Å². The summed E-state index contributed by atoms with van der Waals surface area (Å²) in [5.41, 5.74) is 0.825. The number of hydrogen-bond donors (Lipinski definition) is 1. The van der Waals surface area contributed by atoms with Crippen molar-refractivity contribution in [2.75, 3.05) is 33.9 Å². The summed E-state index contributed by atoms with van der Waals surface area (Å²) >= 11 is 0. The van der Waals surface area contributed by atoms with Gasteiger partial charge in [-0.15, -0.1) is 0 Å². The average Bonchev–Trinajstić information content (AvgIpc) is 2.95. The molecule has 1 heterocycles. The number of likely N-dealkylation sites (tertiary alicyclic amines) is 1. The number of aliphatic hydroxyl groups is 1. The van der Waals surface area contributed by atoms with E-state index in [0.717, 1.165) is 30.3 Å². The van der Waals surface area contributed by atoms with Gasteiger partial charge in [0, 0.05) is 24.7 Å². The normalized spacial score (nSPS) is 20.8. The van der Waals surface area contributed by atoms with E-state index in [1.54, 1.807) is 14.2 Å². The Morgan fingerprint density at radius 1 is 1.29 bits per heavy atom. The minimum absolute atomic E-state index is 0.531. The number of hydrogen-bond acceptors (Lipinski definition) is 4. The van der Waals surface area contributed by atoms with Gasteiger partial charge in [0.1, 0.15) is 11.5 Å². The predicted molar refractivity (Wildman–Crippen MR) is 83.9 cm³/mol. The third kappa shape index (κ3) is 3.89. The molecule has 2 unspecified atom stereocenters. The zero-order valence-corrected chi connectivity index (χ0v) is 13.5. The maximum Gasteiger partial charge on any atom is 0.128 e. The highest BCUT2D eigenvalue weighted by Crippen LogP contribution is 2.31. The molecule has 4 nitrogen and oxygen atoms in total. The summed E-state index contributed by atoms with van der Waals surface area (Å²) in [6, 6.07) is 5.57. The van der Waals surface area contributed by atoms with Gasteiger partial charge in [0.15, 0.2) is 0 Å². The van der Waals surface area contributed by atoms with Crippen molar-refractivity contribution in [1.82, 2.24) is 4.90 Å². The van der Waals surface area contributed by atoms with E-state index in [2.05, 4.69) is 18.7 Å². The molecule has 0 aliphatic carbocycles. The van der Waals surface area contributed by atoms with Gasteiger partial charge in [-0.2, -0.15) is 0 Å². The van der Waals surface area contributed by atoms with Crippen LogP contribution in [0.4, 0.5) is 0 Å². The standard InChI is InChI=1S/C17H27NO3/c1-12(2)13-7-8-18(10-13)11-16(19)15-6-5-14(20-3)9-17(15)21-4/h5-6,9,12-13,16,19H,7-8,10-11H2,1-4H3. The lowest BCUT2D eigenvalue weighted by molar-refractivity contribution is 0.120. The SMILES string of the molecule is COc1ccc(C(O)CN2CCC(C(C)C)C2)c(OC)c1. The Morgan fingerprint density at radius 3 is 2.62 bits per heavy atom. The predicted octanol–water partition coefficient (Wildman–Crippen LogP) is 2.72. The molecular formula is C17H27NO3. The molecule has 1 aliphatic rings. The molecular weight excluding hydrogens is 266 g/mol. The second-order valence-corrected chi connectivity index (χ2v) is 6.18. The molecule has 21 heavy (non-hydrogen) atoms. The van der Waals surface area contributed by atoms with Crippen molar-refractivity contribution in [3.63, 3.8) is 0 Å². The number of nitrogens with zero attached hydrogens (tertiary/aromatic N) is 1. The molecule has 0 saturated carbocycles. The maximum atomic E-state index is 10.5. The van der Waals surface area contributed by atoms with Crippen molar-refractivity contribution in [3.8, 4) is 11.5 Å². The monoisotopic (exact) mass is 293 g/mol. The third-order valence-electron chi connectivity index (χ3n) is 4.48. The van der Waals surface area contributed by atoms with E-state index in [9.17, 15) is 5.11 Å². The molecule has 0 spiro atoms. The summed E-state index contributed by atoms with van der Waals surface area (Å²) in [6.07, 6.45) is 0.696. The first-order valence-electron chi connectivity index (χ1n) is 7.67. The van der Waals surface area contributed by atoms with Gasteiger partial charge < -0.3 is 19.5 Å². The Morgan fingerprint density at radius 2 is 2.05 bits per heavy atom. The lowest BCUT2D eigenvalue weighted by atomic mass is 9.95. The van der Waals surface area contributed by atoms with Crippen LogP contribution < -0.4 is 9.47 Å². The molecule has 1 saturated heterocycles. The van der Waals surface area contributed by atoms with E-state index in [1.807, 2.05) is 18.2 Å². The van der Waals surface area contributed by atoms with Crippen molar-refractivity contribution < 1.29 is 14.6 Å². The third-order valence-corrected chi connectivity index (χ3v) is 4.48. The van der Waals surface area contributed by atoms with Gasteiger partial charge in [-0.05, 0) is 36.9 Å². The quantitative estimate of drug-likeness (QED) is 0.875. The molecule has 0 bridgehead atoms. The van der Waals surface area contributed by atoms with Crippen molar-refractivity contribution >= 4 is 0 Å². The molecule has 0 aromatic heterocycles. The number of methoxy groups -OCH3 is 2. The lowest BCUT2D eigenvalue weighted by Gasteiger charge is -2.22. The van der Waals surface area contributed by atoms with E-state index in [-0.39, 0.29) is 0 Å². The molecule has 0 amide bonds. The Hall–Kier alpha value is -1.26. The van der Waals surface area contributed by atoms with Gasteiger partial charge in [0.25, 0.3) is 0 Å². The molecule has 118 valence electrons. The lowest BCUT2D eigenvalue weighted by Crippen LogP contribution is -2.27. The maximum absolute atomic E-state index is 10.5. The molecule has 1 fully saturated rings. The van der Waals surface area contributed by atoms with Crippen LogP contribution in [0.1, 0.15) is 31.9 Å². The fourth-order valence-electron chi connectivity index (χ4n) is 3.01. The minimum Gasteiger partial charge on any atom is -0.497 e. The zero-order chi connectivity index (χ0) is 15.4. The Kier molecular flexibility index (Phi) is 5.48. The topological polar surface area (TPSA) is 41.9 Å². The highest BCUT2D eigenvalue weighted by molar-refractivity contribution is 5.42. The minimum atomic E-state index is -0.531. The van der Waals surface area contributed by atoms with E-state index in [0.29, 0.717) is 18.2 Å². The molecule has 2 atom stereocenters. The molecule has 1 aromatic carbocycles. The fourth-order valence-corrected chi connectivity index (χ4v) is 3.01. The van der Waals surface area contributed by atoms with Crippen molar-refractivity contribution in [2.24, 2.45) is 11.8 Å². The fraction of sp³-hybridized carbons (Fsp3) is 0.647. The Balaban J connectivity index is 2.02. The molecule has 1 aromatic rings. The first kappa shape index (κ1) is 16.1. The highest BCUT2D eigenvalue weighted by Gasteiger charge is 2.27. The van der Waals surface area contributed by atoms with Gasteiger partial charge in [0.2, 0.25) is 0 Å². The Bertz CT molecular complexity index is 461. The van der Waals surface area contributed by atoms with E-state index < -0.39 is 6.10 Å². The van der Waals surface area contributed by atoms with E-state index >= 15 is 0 Å². The largest absolute Gasteiger partial charge is 0.497 e. The summed E-state index contributed by atoms with van der Waals surface area (Å²) in [4.78, 5) is 2.35. The molecule has 4 heteroatoms. The Labute approximate surface area is 127 Å². The summed E-state index contributed by atoms with van der Waals surface area (Å²) in [5.74, 6) is 2.88. The summed E-state index contributed by atoms with van der Waals surface area (Å²) in [6.45, 7) is 7.35. The molecule has 1 N–H and O–H groups in total. The molecule has 2 rings (SSSR count). The summed E-state index contributed by atoms with van der Waals surface area (Å²) in [7, 11) is 3.25.